The summed E-state index contributed by atoms with van der Waals surface area (Å²) in [4.78, 5) is 0. The number of ether oxygens (including phenoxy) is 2. The van der Waals surface area contributed by atoms with E-state index in [-0.39, 0.29) is 6.29 Å². The van der Waals surface area contributed by atoms with Gasteiger partial charge < -0.3 is 14.8 Å². The third kappa shape index (κ3) is 4.22. The van der Waals surface area contributed by atoms with Gasteiger partial charge in [-0.3, -0.25) is 0 Å². The van der Waals surface area contributed by atoms with Gasteiger partial charge in [-0.15, -0.1) is 0 Å². The van der Waals surface area contributed by atoms with Gasteiger partial charge in [0.15, 0.2) is 6.29 Å². The molecule has 1 N–H and O–H groups in total. The Balaban J connectivity index is 2.62. The van der Waals surface area contributed by atoms with Crippen LogP contribution in [-0.4, -0.2) is 32.6 Å². The average molecular weight is 257 g/mol. The van der Waals surface area contributed by atoms with Crippen LogP contribution in [0.3, 0.4) is 0 Å². The van der Waals surface area contributed by atoms with E-state index in [1.165, 1.54) is 19.3 Å². The third-order valence-corrected chi connectivity index (χ3v) is 4.44. The first-order valence-electron chi connectivity index (χ1n) is 7.54. The Bertz CT molecular complexity index is 217. The summed E-state index contributed by atoms with van der Waals surface area (Å²) in [6.45, 7) is 10.2. The first kappa shape index (κ1) is 15.9. The number of hydrogen-bond acceptors (Lipinski definition) is 3. The Labute approximate surface area is 113 Å². The van der Waals surface area contributed by atoms with Crippen LogP contribution >= 0.6 is 0 Å². The summed E-state index contributed by atoms with van der Waals surface area (Å²) in [7, 11) is 2.03. The predicted molar refractivity (Wildman–Crippen MR) is 75.6 cm³/mol. The zero-order valence-corrected chi connectivity index (χ0v) is 12.7. The van der Waals surface area contributed by atoms with Gasteiger partial charge in [-0.1, -0.05) is 20.3 Å². The van der Waals surface area contributed by atoms with Crippen molar-refractivity contribution in [1.29, 1.82) is 0 Å². The van der Waals surface area contributed by atoms with E-state index >= 15 is 0 Å². The predicted octanol–water partition coefficient (Wildman–Crippen LogP) is 3.05. The molecule has 0 aromatic carbocycles. The minimum absolute atomic E-state index is 0.101. The summed E-state index contributed by atoms with van der Waals surface area (Å²) in [5.74, 6) is 2.34. The van der Waals surface area contributed by atoms with E-state index in [2.05, 4.69) is 19.2 Å². The lowest BCUT2D eigenvalue weighted by Crippen LogP contribution is -2.48. The molecule has 1 aliphatic rings. The maximum atomic E-state index is 5.77. The van der Waals surface area contributed by atoms with E-state index in [9.17, 15) is 0 Å². The van der Waals surface area contributed by atoms with Crippen molar-refractivity contribution in [3.05, 3.63) is 0 Å². The van der Waals surface area contributed by atoms with Crippen LogP contribution in [0.1, 0.15) is 47.0 Å². The lowest BCUT2D eigenvalue weighted by molar-refractivity contribution is -0.164. The molecule has 18 heavy (non-hydrogen) atoms. The Morgan fingerprint density at radius 1 is 1.06 bits per heavy atom. The van der Waals surface area contributed by atoms with Gasteiger partial charge in [-0.05, 0) is 51.5 Å². The zero-order valence-electron chi connectivity index (χ0n) is 12.7. The lowest BCUT2D eigenvalue weighted by Gasteiger charge is -2.39. The van der Waals surface area contributed by atoms with Crippen molar-refractivity contribution in [2.75, 3.05) is 20.3 Å². The number of hydrogen-bond donors (Lipinski definition) is 1. The van der Waals surface area contributed by atoms with Gasteiger partial charge in [0.25, 0.3) is 0 Å². The van der Waals surface area contributed by atoms with E-state index in [1.807, 2.05) is 20.9 Å². The topological polar surface area (TPSA) is 30.5 Å². The average Bonchev–Trinajstić information content (AvgIpc) is 2.35. The Morgan fingerprint density at radius 3 is 2.11 bits per heavy atom. The van der Waals surface area contributed by atoms with Crippen LogP contribution in [-0.2, 0) is 9.47 Å². The second kappa shape index (κ2) is 8.13. The maximum Gasteiger partial charge on any atom is 0.172 e. The van der Waals surface area contributed by atoms with Crippen molar-refractivity contribution in [3.8, 4) is 0 Å². The molecule has 108 valence electrons. The first-order chi connectivity index (χ1) is 8.63. The maximum absolute atomic E-state index is 5.77. The van der Waals surface area contributed by atoms with Crippen LogP contribution in [0.5, 0.6) is 0 Å². The molecule has 4 atom stereocenters. The standard InChI is InChI=1S/C15H31NO2/c1-6-17-15(18-7-2)14(16-5)13-9-8-11(3)12(4)10-13/h11-16H,6-10H2,1-5H3. The molecule has 0 heterocycles. The largest absolute Gasteiger partial charge is 0.351 e. The third-order valence-electron chi connectivity index (χ3n) is 4.44. The van der Waals surface area contributed by atoms with E-state index in [4.69, 9.17) is 9.47 Å². The van der Waals surface area contributed by atoms with Gasteiger partial charge in [0.1, 0.15) is 0 Å². The van der Waals surface area contributed by atoms with Crippen LogP contribution < -0.4 is 5.32 Å². The van der Waals surface area contributed by atoms with Crippen LogP contribution in [0.15, 0.2) is 0 Å². The lowest BCUT2D eigenvalue weighted by atomic mass is 9.73. The molecule has 1 aliphatic carbocycles. The van der Waals surface area contributed by atoms with Gasteiger partial charge in [-0.25, -0.2) is 0 Å². The monoisotopic (exact) mass is 257 g/mol. The Kier molecular flexibility index (Phi) is 7.20. The Hall–Kier alpha value is -0.120. The van der Waals surface area contributed by atoms with Crippen molar-refractivity contribution in [2.45, 2.75) is 59.3 Å². The molecule has 0 amide bonds. The second-order valence-corrected chi connectivity index (χ2v) is 5.62. The molecule has 0 radical (unpaired) electrons. The molecule has 0 spiro atoms. The van der Waals surface area contributed by atoms with Crippen LogP contribution in [0, 0.1) is 17.8 Å². The summed E-state index contributed by atoms with van der Waals surface area (Å²) < 4.78 is 11.5. The summed E-state index contributed by atoms with van der Waals surface area (Å²) in [5, 5.41) is 3.43. The van der Waals surface area contributed by atoms with Crippen LogP contribution in [0.4, 0.5) is 0 Å². The molecule has 0 saturated heterocycles. The summed E-state index contributed by atoms with van der Waals surface area (Å²) in [6.07, 6.45) is 3.79. The number of likely N-dealkylation sites (N-methyl/N-ethyl adjacent to an activating group) is 1. The summed E-state index contributed by atoms with van der Waals surface area (Å²) in [5.41, 5.74) is 0. The van der Waals surface area contributed by atoms with Crippen LogP contribution in [0.2, 0.25) is 0 Å². The van der Waals surface area contributed by atoms with Crippen molar-refractivity contribution >= 4 is 0 Å². The fourth-order valence-corrected chi connectivity index (χ4v) is 3.09. The quantitative estimate of drug-likeness (QED) is 0.711. The molecule has 0 aromatic heterocycles. The Morgan fingerprint density at radius 2 is 1.67 bits per heavy atom. The van der Waals surface area contributed by atoms with E-state index < -0.39 is 0 Å². The molecular formula is C15H31NO2. The molecular weight excluding hydrogens is 226 g/mol. The smallest absolute Gasteiger partial charge is 0.172 e. The highest BCUT2D eigenvalue weighted by molar-refractivity contribution is 4.85. The second-order valence-electron chi connectivity index (χ2n) is 5.62. The van der Waals surface area contributed by atoms with Crippen molar-refractivity contribution < 1.29 is 9.47 Å². The molecule has 1 saturated carbocycles. The van der Waals surface area contributed by atoms with Crippen molar-refractivity contribution in [2.24, 2.45) is 17.8 Å². The number of rotatable bonds is 7. The number of nitrogens with one attached hydrogen (secondary N) is 1. The van der Waals surface area contributed by atoms with Gasteiger partial charge in [0.05, 0.1) is 6.04 Å². The van der Waals surface area contributed by atoms with Gasteiger partial charge in [-0.2, -0.15) is 0 Å². The fourth-order valence-electron chi connectivity index (χ4n) is 3.09. The van der Waals surface area contributed by atoms with Crippen molar-refractivity contribution in [3.63, 3.8) is 0 Å². The first-order valence-corrected chi connectivity index (χ1v) is 7.54. The van der Waals surface area contributed by atoms with Crippen molar-refractivity contribution in [1.82, 2.24) is 5.32 Å². The molecule has 4 unspecified atom stereocenters. The molecule has 1 fully saturated rings. The highest BCUT2D eigenvalue weighted by Crippen LogP contribution is 2.36. The van der Waals surface area contributed by atoms with Gasteiger partial charge in [0.2, 0.25) is 0 Å². The molecule has 0 aromatic rings. The summed E-state index contributed by atoms with van der Waals surface area (Å²) >= 11 is 0. The molecule has 0 bridgehead atoms. The van der Waals surface area contributed by atoms with Gasteiger partial charge >= 0.3 is 0 Å². The van der Waals surface area contributed by atoms with E-state index in [1.54, 1.807) is 0 Å². The molecule has 0 aliphatic heterocycles. The summed E-state index contributed by atoms with van der Waals surface area (Å²) in [6, 6.07) is 0.319. The highest BCUT2D eigenvalue weighted by atomic mass is 16.7. The SMILES string of the molecule is CCOC(OCC)C(NC)C1CCC(C)C(C)C1. The minimum Gasteiger partial charge on any atom is -0.351 e. The zero-order chi connectivity index (χ0) is 13.5. The fraction of sp³-hybridized carbons (Fsp3) is 1.00. The normalized spacial score (nSPS) is 30.7. The molecule has 3 heteroatoms. The highest BCUT2D eigenvalue weighted by Gasteiger charge is 2.34. The molecule has 3 nitrogen and oxygen atoms in total. The van der Waals surface area contributed by atoms with Gasteiger partial charge in [0, 0.05) is 13.2 Å². The van der Waals surface area contributed by atoms with E-state index in [0.717, 1.165) is 11.8 Å². The minimum atomic E-state index is -0.101. The van der Waals surface area contributed by atoms with E-state index in [0.29, 0.717) is 25.2 Å². The molecule has 1 rings (SSSR count). The van der Waals surface area contributed by atoms with Crippen LogP contribution in [0.25, 0.3) is 0 Å².